The van der Waals surface area contributed by atoms with Crippen molar-refractivity contribution in [3.63, 3.8) is 0 Å². The van der Waals surface area contributed by atoms with Gasteiger partial charge in [0.1, 0.15) is 4.04 Å². The van der Waals surface area contributed by atoms with Crippen molar-refractivity contribution in [2.75, 3.05) is 11.5 Å². The Bertz CT molecular complexity index is 43.7. The first kappa shape index (κ1) is 8.99. The summed E-state index contributed by atoms with van der Waals surface area (Å²) in [7, 11) is 0. The Morgan fingerprint density at radius 3 is 1.88 bits per heavy atom. The van der Waals surface area contributed by atoms with Crippen LogP contribution in [0.5, 0.6) is 0 Å². The molecule has 0 aromatic heterocycles. The molecule has 0 amide bonds. The molecular weight excluding hydrogens is 160 g/mol. The predicted molar refractivity (Wildman–Crippen MR) is 45.9 cm³/mol. The molecule has 3 heteroatoms. The number of halogens is 1. The third-order valence-electron chi connectivity index (χ3n) is 0.595. The van der Waals surface area contributed by atoms with E-state index >= 15 is 0 Å². The molecule has 0 saturated heterocycles. The predicted octanol–water partition coefficient (Wildman–Crippen LogP) is 3.02. The lowest BCUT2D eigenvalue weighted by Gasteiger charge is -2.02. The SMILES string of the molecule is CCSC(Cl)SCC. The molecule has 0 aliphatic rings. The topological polar surface area (TPSA) is 0 Å². The van der Waals surface area contributed by atoms with E-state index in [1.165, 1.54) is 0 Å². The van der Waals surface area contributed by atoms with Crippen LogP contribution >= 0.6 is 35.1 Å². The third kappa shape index (κ3) is 5.13. The Labute approximate surface area is 64.7 Å². The number of thioether (sulfide) groups is 2. The molecule has 0 spiro atoms. The van der Waals surface area contributed by atoms with E-state index in [4.69, 9.17) is 11.6 Å². The summed E-state index contributed by atoms with van der Waals surface area (Å²) in [6.45, 7) is 4.24. The van der Waals surface area contributed by atoms with Crippen LogP contribution in [0.15, 0.2) is 0 Å². The fourth-order valence-electron chi connectivity index (χ4n) is 0.310. The Hall–Kier alpha value is 0.990. The van der Waals surface area contributed by atoms with E-state index in [1.807, 2.05) is 0 Å². The van der Waals surface area contributed by atoms with Crippen LogP contribution in [-0.2, 0) is 0 Å². The Morgan fingerprint density at radius 1 is 1.25 bits per heavy atom. The Balaban J connectivity index is 2.92. The van der Waals surface area contributed by atoms with Gasteiger partial charge in [-0.1, -0.05) is 25.4 Å². The van der Waals surface area contributed by atoms with Gasteiger partial charge in [-0.2, -0.15) is 0 Å². The second-order valence-electron chi connectivity index (χ2n) is 1.19. The second-order valence-corrected chi connectivity index (χ2v) is 5.20. The molecule has 0 nitrogen and oxygen atoms in total. The summed E-state index contributed by atoms with van der Waals surface area (Å²) in [4.78, 5) is 0. The monoisotopic (exact) mass is 170 g/mol. The van der Waals surface area contributed by atoms with Crippen LogP contribution < -0.4 is 0 Å². The molecule has 0 bridgehead atoms. The van der Waals surface area contributed by atoms with Gasteiger partial charge in [-0.05, 0) is 11.5 Å². The van der Waals surface area contributed by atoms with Gasteiger partial charge in [0.05, 0.1) is 0 Å². The van der Waals surface area contributed by atoms with E-state index in [2.05, 4.69) is 13.8 Å². The summed E-state index contributed by atoms with van der Waals surface area (Å²) in [6, 6.07) is 0. The van der Waals surface area contributed by atoms with Gasteiger partial charge in [-0.3, -0.25) is 0 Å². The molecule has 0 aromatic rings. The van der Waals surface area contributed by atoms with Crippen molar-refractivity contribution >= 4 is 35.1 Å². The van der Waals surface area contributed by atoms with Crippen LogP contribution in [0, 0.1) is 0 Å². The molecule has 0 aliphatic heterocycles. The molecule has 0 aromatic carbocycles. The summed E-state index contributed by atoms with van der Waals surface area (Å²) < 4.78 is 0.269. The Morgan fingerprint density at radius 2 is 1.62 bits per heavy atom. The van der Waals surface area contributed by atoms with Crippen LogP contribution in [0.2, 0.25) is 0 Å². The largest absolute Gasteiger partial charge is 0.132 e. The van der Waals surface area contributed by atoms with E-state index < -0.39 is 0 Å². The van der Waals surface area contributed by atoms with E-state index in [0.29, 0.717) is 0 Å². The lowest BCUT2D eigenvalue weighted by molar-refractivity contribution is 1.51. The molecule has 50 valence electrons. The molecule has 0 rings (SSSR count). The lowest BCUT2D eigenvalue weighted by Crippen LogP contribution is -1.84. The average Bonchev–Trinajstić information content (AvgIpc) is 1.68. The van der Waals surface area contributed by atoms with Gasteiger partial charge in [0, 0.05) is 0 Å². The van der Waals surface area contributed by atoms with Crippen molar-refractivity contribution in [3.8, 4) is 0 Å². The standard InChI is InChI=1S/C5H11ClS2/c1-3-7-5(6)8-4-2/h5H,3-4H2,1-2H3. The highest BCUT2D eigenvalue weighted by molar-refractivity contribution is 8.18. The van der Waals surface area contributed by atoms with E-state index in [9.17, 15) is 0 Å². The van der Waals surface area contributed by atoms with Crippen molar-refractivity contribution < 1.29 is 0 Å². The second kappa shape index (κ2) is 6.12. The van der Waals surface area contributed by atoms with E-state index in [1.54, 1.807) is 23.5 Å². The van der Waals surface area contributed by atoms with Crippen molar-refractivity contribution in [2.24, 2.45) is 0 Å². The molecule has 0 aliphatic carbocycles. The molecular formula is C5H11ClS2. The number of hydrogen-bond donors (Lipinski definition) is 0. The first-order valence-electron chi connectivity index (χ1n) is 2.68. The van der Waals surface area contributed by atoms with Crippen molar-refractivity contribution in [1.82, 2.24) is 0 Å². The van der Waals surface area contributed by atoms with Crippen LogP contribution in [0.25, 0.3) is 0 Å². The molecule has 0 radical (unpaired) electrons. The number of rotatable bonds is 4. The molecule has 0 unspecified atom stereocenters. The first-order chi connectivity index (χ1) is 3.81. The highest BCUT2D eigenvalue weighted by Gasteiger charge is 1.99. The molecule has 8 heavy (non-hydrogen) atoms. The average molecular weight is 171 g/mol. The zero-order valence-corrected chi connectivity index (χ0v) is 7.57. The normalized spacial score (nSPS) is 10.5. The minimum Gasteiger partial charge on any atom is -0.132 e. The third-order valence-corrected chi connectivity index (χ3v) is 3.36. The van der Waals surface area contributed by atoms with Gasteiger partial charge in [-0.15, -0.1) is 23.5 Å². The maximum absolute atomic E-state index is 5.81. The van der Waals surface area contributed by atoms with E-state index in [0.717, 1.165) is 11.5 Å². The maximum atomic E-state index is 5.81. The highest BCUT2D eigenvalue weighted by atomic mass is 35.5. The quantitative estimate of drug-likeness (QED) is 0.470. The summed E-state index contributed by atoms with van der Waals surface area (Å²) in [6.07, 6.45) is 0. The van der Waals surface area contributed by atoms with E-state index in [-0.39, 0.29) is 4.04 Å². The minimum atomic E-state index is 0.269. The smallest absolute Gasteiger partial charge is 0.124 e. The van der Waals surface area contributed by atoms with Crippen molar-refractivity contribution in [3.05, 3.63) is 0 Å². The number of alkyl halides is 1. The summed E-state index contributed by atoms with van der Waals surface area (Å²) >= 11 is 9.38. The van der Waals surface area contributed by atoms with Crippen molar-refractivity contribution in [2.45, 2.75) is 17.9 Å². The summed E-state index contributed by atoms with van der Waals surface area (Å²) in [5.74, 6) is 2.22. The van der Waals surface area contributed by atoms with Gasteiger partial charge < -0.3 is 0 Å². The zero-order chi connectivity index (χ0) is 6.41. The summed E-state index contributed by atoms with van der Waals surface area (Å²) in [5.41, 5.74) is 0. The van der Waals surface area contributed by atoms with Crippen molar-refractivity contribution in [1.29, 1.82) is 0 Å². The highest BCUT2D eigenvalue weighted by Crippen LogP contribution is 2.26. The van der Waals surface area contributed by atoms with Crippen LogP contribution in [0.1, 0.15) is 13.8 Å². The fraction of sp³-hybridized carbons (Fsp3) is 1.00. The maximum Gasteiger partial charge on any atom is 0.124 e. The molecule has 0 atom stereocenters. The molecule has 0 saturated carbocycles. The van der Waals surface area contributed by atoms with Gasteiger partial charge >= 0.3 is 0 Å². The van der Waals surface area contributed by atoms with Gasteiger partial charge in [0.15, 0.2) is 0 Å². The van der Waals surface area contributed by atoms with Crippen LogP contribution in [0.3, 0.4) is 0 Å². The van der Waals surface area contributed by atoms with Gasteiger partial charge in [-0.25, -0.2) is 0 Å². The molecule has 0 fully saturated rings. The Kier molecular flexibility index (Phi) is 6.87. The fourth-order valence-corrected chi connectivity index (χ4v) is 2.79. The van der Waals surface area contributed by atoms with Crippen LogP contribution in [0.4, 0.5) is 0 Å². The summed E-state index contributed by atoms with van der Waals surface area (Å²) in [5, 5.41) is 0. The van der Waals surface area contributed by atoms with Crippen LogP contribution in [-0.4, -0.2) is 15.5 Å². The zero-order valence-electron chi connectivity index (χ0n) is 5.19. The number of hydrogen-bond acceptors (Lipinski definition) is 2. The molecule has 0 N–H and O–H groups in total. The minimum absolute atomic E-state index is 0.269. The molecule has 0 heterocycles. The van der Waals surface area contributed by atoms with Gasteiger partial charge in [0.25, 0.3) is 0 Å². The first-order valence-corrected chi connectivity index (χ1v) is 5.22. The van der Waals surface area contributed by atoms with Gasteiger partial charge in [0.2, 0.25) is 0 Å². The lowest BCUT2D eigenvalue weighted by atomic mass is 11.0.